The van der Waals surface area contributed by atoms with Crippen molar-refractivity contribution in [3.63, 3.8) is 0 Å². The van der Waals surface area contributed by atoms with E-state index in [-0.39, 0.29) is 11.8 Å². The fourth-order valence-corrected chi connectivity index (χ4v) is 1.97. The van der Waals surface area contributed by atoms with Gasteiger partial charge in [-0.2, -0.15) is 4.98 Å². The number of hydrogen-bond donors (Lipinski definition) is 0. The summed E-state index contributed by atoms with van der Waals surface area (Å²) >= 11 is 17.1. The summed E-state index contributed by atoms with van der Waals surface area (Å²) in [4.78, 5) is 4.16. The molecule has 0 aliphatic carbocycles. The lowest BCUT2D eigenvalue weighted by atomic mass is 9.96. The molecule has 0 aliphatic heterocycles. The van der Waals surface area contributed by atoms with Crippen molar-refractivity contribution in [3.05, 3.63) is 47.6 Å². The average Bonchev–Trinajstić information content (AvgIpc) is 2.81. The van der Waals surface area contributed by atoms with E-state index < -0.39 is 3.79 Å². The summed E-state index contributed by atoms with van der Waals surface area (Å²) < 4.78 is 3.30. The third-order valence-electron chi connectivity index (χ3n) is 2.61. The largest absolute Gasteiger partial charge is 0.335 e. The van der Waals surface area contributed by atoms with Crippen molar-refractivity contribution in [1.82, 2.24) is 10.1 Å². The Bertz CT molecular complexity index is 508. The van der Waals surface area contributed by atoms with Crippen molar-refractivity contribution in [3.8, 4) is 0 Å². The lowest BCUT2D eigenvalue weighted by molar-refractivity contribution is 0.374. The molecular weight excluding hydrogens is 295 g/mol. The maximum absolute atomic E-state index is 5.70. The van der Waals surface area contributed by atoms with E-state index in [1.165, 1.54) is 0 Å². The van der Waals surface area contributed by atoms with Crippen molar-refractivity contribution in [2.75, 3.05) is 0 Å². The molecule has 1 aromatic heterocycles. The van der Waals surface area contributed by atoms with E-state index >= 15 is 0 Å². The number of rotatable bonds is 3. The summed E-state index contributed by atoms with van der Waals surface area (Å²) in [6, 6.07) is 9.92. The van der Waals surface area contributed by atoms with Crippen LogP contribution in [0.25, 0.3) is 0 Å². The third-order valence-corrected chi connectivity index (χ3v) is 3.09. The zero-order valence-corrected chi connectivity index (χ0v) is 11.9. The maximum atomic E-state index is 5.70. The summed E-state index contributed by atoms with van der Waals surface area (Å²) in [7, 11) is 0. The second-order valence-corrected chi connectivity index (χ2v) is 6.11. The van der Waals surface area contributed by atoms with Gasteiger partial charge in [0.05, 0.1) is 0 Å². The quantitative estimate of drug-likeness (QED) is 0.787. The number of hydrogen-bond acceptors (Lipinski definition) is 3. The lowest BCUT2D eigenvalue weighted by Gasteiger charge is -2.10. The van der Waals surface area contributed by atoms with E-state index in [4.69, 9.17) is 39.3 Å². The van der Waals surface area contributed by atoms with Crippen LogP contribution in [0.15, 0.2) is 34.9 Å². The normalized spacial score (nSPS) is 13.6. The number of aromatic nitrogens is 2. The highest BCUT2D eigenvalue weighted by Gasteiger charge is 2.32. The van der Waals surface area contributed by atoms with Crippen LogP contribution in [0.4, 0.5) is 0 Å². The number of halogens is 3. The van der Waals surface area contributed by atoms with E-state index in [1.807, 2.05) is 37.3 Å². The number of nitrogens with zero attached hydrogens (tertiary/aromatic N) is 2. The molecule has 0 bridgehead atoms. The molecule has 3 nitrogen and oxygen atoms in total. The second kappa shape index (κ2) is 5.47. The highest BCUT2D eigenvalue weighted by atomic mass is 35.6. The molecule has 1 atom stereocenters. The fraction of sp³-hybridized carbons (Fsp3) is 0.333. The monoisotopic (exact) mass is 304 g/mol. The van der Waals surface area contributed by atoms with Crippen LogP contribution in [0.2, 0.25) is 0 Å². The van der Waals surface area contributed by atoms with Crippen LogP contribution in [0.5, 0.6) is 0 Å². The van der Waals surface area contributed by atoms with E-state index in [9.17, 15) is 0 Å². The molecule has 0 fully saturated rings. The van der Waals surface area contributed by atoms with Gasteiger partial charge in [-0.15, -0.1) is 0 Å². The molecule has 2 aromatic rings. The summed E-state index contributed by atoms with van der Waals surface area (Å²) in [5, 5.41) is 3.89. The predicted octanol–water partition coefficient (Wildman–Crippen LogP) is 4.44. The van der Waals surface area contributed by atoms with Crippen molar-refractivity contribution >= 4 is 34.8 Å². The zero-order valence-electron chi connectivity index (χ0n) is 9.61. The SMILES string of the molecule is CCC(c1ccccc1)c1noc(C(Cl)(Cl)Cl)n1. The van der Waals surface area contributed by atoms with Crippen LogP contribution in [-0.2, 0) is 3.79 Å². The molecule has 0 saturated carbocycles. The predicted molar refractivity (Wildman–Crippen MR) is 72.1 cm³/mol. The Balaban J connectivity index is 2.32. The van der Waals surface area contributed by atoms with Gasteiger partial charge in [-0.3, -0.25) is 0 Å². The first-order chi connectivity index (χ1) is 8.52. The third kappa shape index (κ3) is 2.97. The minimum Gasteiger partial charge on any atom is -0.335 e. The Kier molecular flexibility index (Phi) is 4.15. The Hall–Kier alpha value is -0.770. The lowest BCUT2D eigenvalue weighted by Crippen LogP contribution is -2.04. The molecule has 0 N–H and O–H groups in total. The molecule has 18 heavy (non-hydrogen) atoms. The number of alkyl halides is 3. The summed E-state index contributed by atoms with van der Waals surface area (Å²) in [6.07, 6.45) is 0.836. The van der Waals surface area contributed by atoms with Gasteiger partial charge in [0.25, 0.3) is 9.68 Å². The Morgan fingerprint density at radius 1 is 1.22 bits per heavy atom. The van der Waals surface area contributed by atoms with Gasteiger partial charge in [-0.05, 0) is 12.0 Å². The van der Waals surface area contributed by atoms with Crippen LogP contribution < -0.4 is 0 Å². The molecule has 1 aromatic carbocycles. The van der Waals surface area contributed by atoms with E-state index in [0.29, 0.717) is 5.82 Å². The van der Waals surface area contributed by atoms with Gasteiger partial charge in [0.1, 0.15) is 0 Å². The zero-order chi connectivity index (χ0) is 13.2. The molecule has 1 unspecified atom stereocenters. The molecule has 1 heterocycles. The van der Waals surface area contributed by atoms with Crippen LogP contribution in [0, 0.1) is 0 Å². The van der Waals surface area contributed by atoms with Crippen molar-refractivity contribution < 1.29 is 4.52 Å². The van der Waals surface area contributed by atoms with E-state index in [2.05, 4.69) is 10.1 Å². The van der Waals surface area contributed by atoms with Gasteiger partial charge in [-0.25, -0.2) is 0 Å². The van der Waals surface area contributed by atoms with Gasteiger partial charge in [0.2, 0.25) is 0 Å². The highest BCUT2D eigenvalue weighted by molar-refractivity contribution is 6.66. The van der Waals surface area contributed by atoms with Gasteiger partial charge in [-0.1, -0.05) is 77.2 Å². The van der Waals surface area contributed by atoms with E-state index in [0.717, 1.165) is 12.0 Å². The fourth-order valence-electron chi connectivity index (χ4n) is 1.74. The summed E-state index contributed by atoms with van der Waals surface area (Å²) in [5.74, 6) is 0.568. The van der Waals surface area contributed by atoms with Gasteiger partial charge in [0.15, 0.2) is 5.82 Å². The van der Waals surface area contributed by atoms with E-state index in [1.54, 1.807) is 0 Å². The van der Waals surface area contributed by atoms with Gasteiger partial charge >= 0.3 is 0 Å². The molecule has 96 valence electrons. The smallest absolute Gasteiger partial charge is 0.278 e. The van der Waals surface area contributed by atoms with Crippen LogP contribution in [0.3, 0.4) is 0 Å². The van der Waals surface area contributed by atoms with Crippen molar-refractivity contribution in [2.45, 2.75) is 23.1 Å². The van der Waals surface area contributed by atoms with Crippen molar-refractivity contribution in [1.29, 1.82) is 0 Å². The summed E-state index contributed by atoms with van der Waals surface area (Å²) in [6.45, 7) is 2.04. The molecule has 2 rings (SSSR count). The summed E-state index contributed by atoms with van der Waals surface area (Å²) in [5.41, 5.74) is 1.11. The standard InChI is InChI=1S/C12H11Cl3N2O/c1-2-9(8-6-4-3-5-7-8)10-16-11(18-17-10)12(13,14)15/h3-7,9H,2H2,1H3. The topological polar surface area (TPSA) is 38.9 Å². The molecule has 0 radical (unpaired) electrons. The second-order valence-electron chi connectivity index (χ2n) is 3.83. The van der Waals surface area contributed by atoms with Crippen molar-refractivity contribution in [2.24, 2.45) is 0 Å². The van der Waals surface area contributed by atoms with Gasteiger partial charge < -0.3 is 4.52 Å². The molecule has 0 aliphatic rings. The maximum Gasteiger partial charge on any atom is 0.278 e. The van der Waals surface area contributed by atoms with Crippen LogP contribution >= 0.6 is 34.8 Å². The Morgan fingerprint density at radius 3 is 2.39 bits per heavy atom. The van der Waals surface area contributed by atoms with Gasteiger partial charge in [0, 0.05) is 5.92 Å². The molecule has 0 saturated heterocycles. The van der Waals surface area contributed by atoms with Crippen LogP contribution in [-0.4, -0.2) is 10.1 Å². The Morgan fingerprint density at radius 2 is 1.89 bits per heavy atom. The first kappa shape index (κ1) is 13.7. The first-order valence-corrected chi connectivity index (χ1v) is 6.61. The molecule has 0 spiro atoms. The number of benzene rings is 1. The minimum atomic E-state index is -1.68. The molecular formula is C12H11Cl3N2O. The average molecular weight is 306 g/mol. The first-order valence-electron chi connectivity index (χ1n) is 5.48. The Labute approximate surface area is 120 Å². The highest BCUT2D eigenvalue weighted by Crippen LogP contribution is 2.38. The van der Waals surface area contributed by atoms with Crippen LogP contribution in [0.1, 0.15) is 36.5 Å². The minimum absolute atomic E-state index is 0.00289. The molecule has 6 heteroatoms. The molecule has 0 amide bonds.